The van der Waals surface area contributed by atoms with Gasteiger partial charge < -0.3 is 15.4 Å². The Morgan fingerprint density at radius 2 is 2.09 bits per heavy atom. The van der Waals surface area contributed by atoms with Crippen LogP contribution in [-0.4, -0.2) is 33.3 Å². The molecule has 4 nitrogen and oxygen atoms in total. The highest BCUT2D eigenvalue weighted by Crippen LogP contribution is 2.21. The Balaban J connectivity index is 2.67. The van der Waals surface area contributed by atoms with Gasteiger partial charge in [0.15, 0.2) is 0 Å². The monoisotopic (exact) mass is 159 g/mol. The van der Waals surface area contributed by atoms with Crippen molar-refractivity contribution in [2.45, 2.75) is 32.0 Å². The number of nitrogens with zero attached hydrogens (tertiary/aromatic N) is 1. The Bertz CT molecular complexity index is 169. The van der Waals surface area contributed by atoms with Crippen LogP contribution in [0.2, 0.25) is 0 Å². The molecule has 0 saturated heterocycles. The Morgan fingerprint density at radius 1 is 1.45 bits per heavy atom. The summed E-state index contributed by atoms with van der Waals surface area (Å²) in [5.74, 6) is -0.136. The molecule has 11 heavy (non-hydrogen) atoms. The molecule has 1 aliphatic carbocycles. The summed E-state index contributed by atoms with van der Waals surface area (Å²) in [4.78, 5) is 0. The molecule has 1 fully saturated rings. The van der Waals surface area contributed by atoms with Crippen LogP contribution < -0.4 is 0 Å². The van der Waals surface area contributed by atoms with E-state index >= 15 is 0 Å². The molecular weight excluding hydrogens is 146 g/mol. The molecule has 1 saturated carbocycles. The summed E-state index contributed by atoms with van der Waals surface area (Å²) >= 11 is 0. The molecule has 0 aromatic rings. The van der Waals surface area contributed by atoms with E-state index < -0.39 is 12.2 Å². The van der Waals surface area contributed by atoms with Gasteiger partial charge in [-0.05, 0) is 0 Å². The molecule has 0 aliphatic heterocycles. The maximum absolute atomic E-state index is 9.30. The Labute approximate surface area is 65.2 Å². The second-order valence-corrected chi connectivity index (χ2v) is 3.04. The standard InChI is InChI=1S/C7H13NO3/c1-4-6(8-11)2-5(9)3-7(4)10/h4-5,7,9-11H,2-3H2,1H3/b8-6-/t4?,5-,7+/m1/s1. The fourth-order valence-corrected chi connectivity index (χ4v) is 1.35. The van der Waals surface area contributed by atoms with Crippen LogP contribution in [0.4, 0.5) is 0 Å². The van der Waals surface area contributed by atoms with Gasteiger partial charge in [0, 0.05) is 18.8 Å². The van der Waals surface area contributed by atoms with E-state index in [1.807, 2.05) is 0 Å². The van der Waals surface area contributed by atoms with E-state index in [2.05, 4.69) is 5.16 Å². The van der Waals surface area contributed by atoms with Gasteiger partial charge in [-0.1, -0.05) is 12.1 Å². The van der Waals surface area contributed by atoms with E-state index in [4.69, 9.17) is 10.3 Å². The summed E-state index contributed by atoms with van der Waals surface area (Å²) in [6, 6.07) is 0. The van der Waals surface area contributed by atoms with E-state index in [9.17, 15) is 5.11 Å². The fourth-order valence-electron chi connectivity index (χ4n) is 1.35. The number of hydrogen-bond donors (Lipinski definition) is 3. The molecule has 0 aromatic carbocycles. The van der Waals surface area contributed by atoms with Crippen molar-refractivity contribution in [1.29, 1.82) is 0 Å². The lowest BCUT2D eigenvalue weighted by atomic mass is 9.84. The molecule has 0 heterocycles. The van der Waals surface area contributed by atoms with Crippen LogP contribution in [0.15, 0.2) is 5.16 Å². The molecular formula is C7H13NO3. The highest BCUT2D eigenvalue weighted by atomic mass is 16.4. The third-order valence-electron chi connectivity index (χ3n) is 2.19. The van der Waals surface area contributed by atoms with Crippen LogP contribution in [-0.2, 0) is 0 Å². The van der Waals surface area contributed by atoms with E-state index in [0.29, 0.717) is 18.6 Å². The van der Waals surface area contributed by atoms with Crippen LogP contribution >= 0.6 is 0 Å². The molecule has 3 N–H and O–H groups in total. The molecule has 3 atom stereocenters. The number of oxime groups is 1. The number of hydrogen-bond acceptors (Lipinski definition) is 4. The van der Waals surface area contributed by atoms with Gasteiger partial charge in [0.05, 0.1) is 17.9 Å². The van der Waals surface area contributed by atoms with Gasteiger partial charge in [-0.3, -0.25) is 0 Å². The van der Waals surface area contributed by atoms with Gasteiger partial charge in [0.25, 0.3) is 0 Å². The molecule has 1 aliphatic rings. The maximum atomic E-state index is 9.30. The second kappa shape index (κ2) is 3.19. The van der Waals surface area contributed by atoms with Crippen LogP contribution in [0.5, 0.6) is 0 Å². The van der Waals surface area contributed by atoms with Gasteiger partial charge in [0.1, 0.15) is 0 Å². The van der Waals surface area contributed by atoms with E-state index in [0.717, 1.165) is 0 Å². The van der Waals surface area contributed by atoms with Gasteiger partial charge in [-0.2, -0.15) is 0 Å². The Morgan fingerprint density at radius 3 is 2.64 bits per heavy atom. The highest BCUT2D eigenvalue weighted by Gasteiger charge is 2.30. The SMILES string of the molecule is CC1/C(=N\O)C[C@@H](O)C[C@@H]1O. The van der Waals surface area contributed by atoms with Crippen LogP contribution in [0.25, 0.3) is 0 Å². The zero-order chi connectivity index (χ0) is 8.43. The van der Waals surface area contributed by atoms with Crippen molar-refractivity contribution in [3.05, 3.63) is 0 Å². The molecule has 0 aromatic heterocycles. The first-order chi connectivity index (χ1) is 5.15. The predicted molar refractivity (Wildman–Crippen MR) is 39.6 cm³/mol. The predicted octanol–water partition coefficient (Wildman–Crippen LogP) is -0.0317. The second-order valence-electron chi connectivity index (χ2n) is 3.04. The first-order valence-corrected chi connectivity index (χ1v) is 3.72. The summed E-state index contributed by atoms with van der Waals surface area (Å²) in [5, 5.41) is 29.9. The van der Waals surface area contributed by atoms with Crippen LogP contribution in [0.3, 0.4) is 0 Å². The number of aliphatic hydroxyl groups excluding tert-OH is 2. The van der Waals surface area contributed by atoms with Gasteiger partial charge in [-0.25, -0.2) is 0 Å². The molecule has 1 unspecified atom stereocenters. The lowest BCUT2D eigenvalue weighted by Crippen LogP contribution is -2.37. The van der Waals surface area contributed by atoms with E-state index in [1.54, 1.807) is 6.92 Å². The van der Waals surface area contributed by atoms with Crippen molar-refractivity contribution >= 4 is 5.71 Å². The summed E-state index contributed by atoms with van der Waals surface area (Å²) in [7, 11) is 0. The first kappa shape index (κ1) is 8.49. The first-order valence-electron chi connectivity index (χ1n) is 3.72. The highest BCUT2D eigenvalue weighted by molar-refractivity contribution is 5.87. The average Bonchev–Trinajstić information content (AvgIpc) is 1.96. The molecule has 1 rings (SSSR count). The van der Waals surface area contributed by atoms with Crippen molar-refractivity contribution in [3.63, 3.8) is 0 Å². The zero-order valence-electron chi connectivity index (χ0n) is 6.44. The lowest BCUT2D eigenvalue weighted by Gasteiger charge is -2.28. The Hall–Kier alpha value is -0.610. The largest absolute Gasteiger partial charge is 0.411 e. The van der Waals surface area contributed by atoms with Crippen molar-refractivity contribution in [3.8, 4) is 0 Å². The number of aliphatic hydroxyl groups is 2. The molecule has 0 spiro atoms. The molecule has 64 valence electrons. The van der Waals surface area contributed by atoms with Crippen molar-refractivity contribution in [2.75, 3.05) is 0 Å². The maximum Gasteiger partial charge on any atom is 0.0650 e. The Kier molecular flexibility index (Phi) is 2.46. The minimum atomic E-state index is -0.579. The fraction of sp³-hybridized carbons (Fsp3) is 0.857. The molecule has 0 radical (unpaired) electrons. The normalized spacial score (nSPS) is 42.8. The smallest absolute Gasteiger partial charge is 0.0650 e. The molecule has 4 heteroatoms. The minimum absolute atomic E-state index is 0.136. The zero-order valence-corrected chi connectivity index (χ0v) is 6.44. The molecule has 0 bridgehead atoms. The third kappa shape index (κ3) is 1.70. The van der Waals surface area contributed by atoms with Crippen molar-refractivity contribution < 1.29 is 15.4 Å². The van der Waals surface area contributed by atoms with Crippen molar-refractivity contribution in [1.82, 2.24) is 0 Å². The third-order valence-corrected chi connectivity index (χ3v) is 2.19. The van der Waals surface area contributed by atoms with Gasteiger partial charge in [0.2, 0.25) is 0 Å². The summed E-state index contributed by atoms with van der Waals surface area (Å²) < 4.78 is 0. The number of rotatable bonds is 0. The van der Waals surface area contributed by atoms with Gasteiger partial charge >= 0.3 is 0 Å². The van der Waals surface area contributed by atoms with Gasteiger partial charge in [-0.15, -0.1) is 0 Å². The minimum Gasteiger partial charge on any atom is -0.411 e. The molecule has 0 amide bonds. The lowest BCUT2D eigenvalue weighted by molar-refractivity contribution is 0.0500. The quantitative estimate of drug-likeness (QED) is 0.343. The van der Waals surface area contributed by atoms with E-state index in [-0.39, 0.29) is 5.92 Å². The average molecular weight is 159 g/mol. The summed E-state index contributed by atoms with van der Waals surface area (Å²) in [5.41, 5.74) is 0.483. The summed E-state index contributed by atoms with van der Waals surface area (Å²) in [6.45, 7) is 1.78. The van der Waals surface area contributed by atoms with Crippen LogP contribution in [0, 0.1) is 5.92 Å². The van der Waals surface area contributed by atoms with Crippen LogP contribution in [0.1, 0.15) is 19.8 Å². The summed E-state index contributed by atoms with van der Waals surface area (Å²) in [6.07, 6.45) is -0.397. The topological polar surface area (TPSA) is 73.1 Å². The van der Waals surface area contributed by atoms with Crippen molar-refractivity contribution in [2.24, 2.45) is 11.1 Å². The van der Waals surface area contributed by atoms with E-state index in [1.165, 1.54) is 0 Å².